The van der Waals surface area contributed by atoms with Crippen LogP contribution in [0.4, 0.5) is 11.4 Å². The van der Waals surface area contributed by atoms with Crippen LogP contribution in [0, 0.1) is 11.8 Å². The van der Waals surface area contributed by atoms with E-state index in [9.17, 15) is 19.2 Å². The van der Waals surface area contributed by atoms with Gasteiger partial charge in [0, 0.05) is 19.8 Å². The van der Waals surface area contributed by atoms with E-state index in [-0.39, 0.29) is 11.8 Å². The number of rotatable bonds is 4. The molecule has 0 aliphatic carbocycles. The summed E-state index contributed by atoms with van der Waals surface area (Å²) in [5, 5.41) is 8.37. The molecule has 6 atom stereocenters. The molecule has 2 aromatic carbocycles. The third-order valence-corrected chi connectivity index (χ3v) is 10.9. The zero-order chi connectivity index (χ0) is 28.9. The number of carbonyl (C=O) groups excluding carboxylic acids is 4. The number of amides is 4. The lowest BCUT2D eigenvalue weighted by atomic mass is 9.88. The third-order valence-electron chi connectivity index (χ3n) is 8.53. The number of thiophene rings is 2. The monoisotopic (exact) mass is 634 g/mol. The minimum Gasteiger partial charge on any atom is -0.274 e. The van der Waals surface area contributed by atoms with Crippen molar-refractivity contribution in [2.75, 3.05) is 9.80 Å². The van der Waals surface area contributed by atoms with Gasteiger partial charge in [-0.2, -0.15) is 0 Å². The average molecular weight is 636 g/mol. The van der Waals surface area contributed by atoms with Crippen LogP contribution in [-0.4, -0.2) is 45.7 Å². The summed E-state index contributed by atoms with van der Waals surface area (Å²) < 4.78 is 0. The summed E-state index contributed by atoms with van der Waals surface area (Å²) in [5.41, 5.74) is 0.796. The molecule has 210 valence electrons. The molecule has 4 saturated heterocycles. The molecule has 12 heteroatoms. The lowest BCUT2D eigenvalue weighted by molar-refractivity contribution is -0.135. The van der Waals surface area contributed by atoms with Crippen molar-refractivity contribution in [1.82, 2.24) is 10.0 Å². The minimum atomic E-state index is -0.901. The van der Waals surface area contributed by atoms with Gasteiger partial charge in [-0.3, -0.25) is 19.2 Å². The van der Waals surface area contributed by atoms with E-state index in [1.54, 1.807) is 48.5 Å². The molecule has 2 aromatic heterocycles. The van der Waals surface area contributed by atoms with Crippen LogP contribution in [0.5, 0.6) is 0 Å². The van der Waals surface area contributed by atoms with Gasteiger partial charge in [0.25, 0.3) is 11.8 Å². The minimum absolute atomic E-state index is 0.356. The first-order chi connectivity index (χ1) is 20.4. The lowest BCUT2D eigenvalue weighted by Crippen LogP contribution is -2.50. The maximum atomic E-state index is 14.3. The Hall–Kier alpha value is -3.38. The molecule has 0 radical (unpaired) electrons. The molecule has 42 heavy (non-hydrogen) atoms. The molecule has 8 rings (SSSR count). The van der Waals surface area contributed by atoms with Crippen molar-refractivity contribution < 1.29 is 19.2 Å². The number of nitrogens with zero attached hydrogens (tertiary/aromatic N) is 4. The summed E-state index contributed by atoms with van der Waals surface area (Å²) in [5.74, 6) is -3.09. The van der Waals surface area contributed by atoms with Crippen molar-refractivity contribution in [3.05, 3.63) is 103 Å². The molecule has 4 fully saturated rings. The predicted octanol–water partition coefficient (Wildman–Crippen LogP) is 5.56. The third kappa shape index (κ3) is 3.54. The first kappa shape index (κ1) is 26.3. The first-order valence-corrected chi connectivity index (χ1v) is 15.8. The van der Waals surface area contributed by atoms with Crippen LogP contribution < -0.4 is 9.80 Å². The number of fused-ring (bicyclic) bond motifs is 5. The maximum Gasteiger partial charge on any atom is 0.253 e. The molecule has 4 aromatic rings. The Morgan fingerprint density at radius 1 is 0.524 bits per heavy atom. The quantitative estimate of drug-likeness (QED) is 0.273. The summed E-state index contributed by atoms with van der Waals surface area (Å²) in [4.78, 5) is 61.2. The van der Waals surface area contributed by atoms with Gasteiger partial charge in [0.1, 0.15) is 12.1 Å². The second-order valence-corrected chi connectivity index (χ2v) is 13.4. The van der Waals surface area contributed by atoms with Gasteiger partial charge in [-0.15, -0.1) is 22.7 Å². The van der Waals surface area contributed by atoms with Crippen LogP contribution >= 0.6 is 45.9 Å². The molecule has 0 bridgehead atoms. The number of hydrogen-bond acceptors (Lipinski definition) is 8. The number of hydrazine groups is 1. The van der Waals surface area contributed by atoms with Gasteiger partial charge in [-0.25, -0.2) is 19.8 Å². The van der Waals surface area contributed by atoms with Crippen LogP contribution in [0.2, 0.25) is 10.0 Å². The van der Waals surface area contributed by atoms with Crippen molar-refractivity contribution in [1.29, 1.82) is 0 Å². The highest BCUT2D eigenvalue weighted by molar-refractivity contribution is 7.10. The summed E-state index contributed by atoms with van der Waals surface area (Å²) >= 11 is 15.4. The molecule has 4 aliphatic rings. The number of carbonyl (C=O) groups is 4. The molecular formula is C30H20Cl2N4O4S2. The summed E-state index contributed by atoms with van der Waals surface area (Å²) in [7, 11) is 0. The van der Waals surface area contributed by atoms with Crippen LogP contribution in [0.3, 0.4) is 0 Å². The Kier molecular flexibility index (Phi) is 5.98. The van der Waals surface area contributed by atoms with Crippen molar-refractivity contribution >= 4 is 80.9 Å². The fourth-order valence-corrected chi connectivity index (χ4v) is 9.15. The van der Waals surface area contributed by atoms with Gasteiger partial charge in [-0.1, -0.05) is 47.5 Å². The normalized spacial score (nSPS) is 29.1. The van der Waals surface area contributed by atoms with Crippen molar-refractivity contribution in [3.63, 3.8) is 0 Å². The molecule has 0 spiro atoms. The molecule has 0 saturated carbocycles. The van der Waals surface area contributed by atoms with E-state index in [0.717, 1.165) is 9.75 Å². The Morgan fingerprint density at radius 2 is 0.952 bits per heavy atom. The molecule has 6 heterocycles. The molecule has 4 aliphatic heterocycles. The highest BCUT2D eigenvalue weighted by atomic mass is 35.5. The largest absolute Gasteiger partial charge is 0.274 e. The second-order valence-electron chi connectivity index (χ2n) is 10.6. The van der Waals surface area contributed by atoms with E-state index < -0.39 is 47.8 Å². The Morgan fingerprint density at radius 3 is 1.31 bits per heavy atom. The van der Waals surface area contributed by atoms with Crippen LogP contribution in [0.1, 0.15) is 21.8 Å². The summed E-state index contributed by atoms with van der Waals surface area (Å²) in [6, 6.07) is 17.9. The van der Waals surface area contributed by atoms with Crippen molar-refractivity contribution in [2.24, 2.45) is 11.8 Å². The van der Waals surface area contributed by atoms with E-state index >= 15 is 0 Å². The SMILES string of the molecule is O=C1[C@@H]2[C@@H](C(=O)N1c1cccc(Cl)c1)N1[C@@H](c3cccs3)[C@H]3C(=O)N(c4cccc(Cl)c4)C(=O)[C@@H]3N1[C@@H]2c1cccs1. The Balaban J connectivity index is 1.31. The van der Waals surface area contributed by atoms with Crippen molar-refractivity contribution in [3.8, 4) is 0 Å². The standard InChI is InChI=1S/C30H20Cl2N4O4S2/c31-15-5-1-7-17(13-15)33-27(37)21-23(19-9-3-11-41-19)36-26-22(24(20-10-4-12-42-20)35(36)25(21)29(33)39)28(38)34(30(26)40)18-8-2-6-16(32)14-18/h1-14,21-26H/t21-,22+,23+,24-,25-,26+. The van der Waals surface area contributed by atoms with Gasteiger partial charge < -0.3 is 0 Å². The van der Waals surface area contributed by atoms with Gasteiger partial charge in [0.05, 0.1) is 35.3 Å². The van der Waals surface area contributed by atoms with Crippen molar-refractivity contribution in [2.45, 2.75) is 24.2 Å². The summed E-state index contributed by atoms with van der Waals surface area (Å²) in [6.07, 6.45) is 0. The predicted molar refractivity (Wildman–Crippen MR) is 160 cm³/mol. The maximum absolute atomic E-state index is 14.3. The molecule has 0 unspecified atom stereocenters. The van der Waals surface area contributed by atoms with E-state index in [0.29, 0.717) is 21.4 Å². The molecular weight excluding hydrogens is 615 g/mol. The number of anilines is 2. The highest BCUT2D eigenvalue weighted by Crippen LogP contribution is 2.60. The number of halogens is 2. The smallest absolute Gasteiger partial charge is 0.253 e. The average Bonchev–Trinajstić information content (AvgIpc) is 3.79. The van der Waals surface area contributed by atoms with E-state index in [2.05, 4.69) is 0 Å². The second kappa shape index (κ2) is 9.57. The van der Waals surface area contributed by atoms with Crippen LogP contribution in [0.25, 0.3) is 0 Å². The first-order valence-electron chi connectivity index (χ1n) is 13.3. The molecule has 8 nitrogen and oxygen atoms in total. The summed E-state index contributed by atoms with van der Waals surface area (Å²) in [6.45, 7) is 0. The fourth-order valence-electron chi connectivity index (χ4n) is 7.05. The number of hydrogen-bond donors (Lipinski definition) is 0. The molecule has 4 amide bonds. The van der Waals surface area contributed by atoms with Gasteiger partial charge in [-0.05, 0) is 59.3 Å². The molecule has 0 N–H and O–H groups in total. The fraction of sp³-hybridized carbons (Fsp3) is 0.200. The van der Waals surface area contributed by atoms with Gasteiger partial charge in [0.2, 0.25) is 11.8 Å². The van der Waals surface area contributed by atoms with Crippen LogP contribution in [-0.2, 0) is 19.2 Å². The number of imide groups is 2. The van der Waals surface area contributed by atoms with E-state index in [4.69, 9.17) is 23.2 Å². The van der Waals surface area contributed by atoms with Crippen LogP contribution in [0.15, 0.2) is 83.6 Å². The zero-order valence-electron chi connectivity index (χ0n) is 21.5. The topological polar surface area (TPSA) is 81.2 Å². The Bertz CT molecular complexity index is 1650. The lowest BCUT2D eigenvalue weighted by Gasteiger charge is -2.35. The zero-order valence-corrected chi connectivity index (χ0v) is 24.7. The Labute approximate surface area is 258 Å². The van der Waals surface area contributed by atoms with Gasteiger partial charge >= 0.3 is 0 Å². The highest BCUT2D eigenvalue weighted by Gasteiger charge is 2.74. The number of benzene rings is 2. The van der Waals surface area contributed by atoms with E-state index in [1.807, 2.05) is 45.0 Å². The van der Waals surface area contributed by atoms with Gasteiger partial charge in [0.15, 0.2) is 0 Å². The van der Waals surface area contributed by atoms with E-state index in [1.165, 1.54) is 32.5 Å².